The monoisotopic (exact) mass is 136 g/mol. The molecule has 0 aromatic rings. The van der Waals surface area contributed by atoms with Crippen LogP contribution < -0.4 is 0 Å². The molecule has 0 aliphatic rings. The predicted molar refractivity (Wildman–Crippen MR) is 45.1 cm³/mol. The molecule has 9 heavy (non-hydrogen) atoms. The molecule has 0 N–H and O–H groups in total. The van der Waals surface area contributed by atoms with Gasteiger partial charge in [-0.25, -0.2) is 0 Å². The van der Waals surface area contributed by atoms with E-state index in [4.69, 9.17) is 0 Å². The van der Waals surface area contributed by atoms with Crippen LogP contribution in [0.5, 0.6) is 0 Å². The van der Waals surface area contributed by atoms with Gasteiger partial charge < -0.3 is 0 Å². The van der Waals surface area contributed by atoms with E-state index < -0.39 is 0 Å². The Morgan fingerprint density at radius 1 is 1.44 bits per heavy atom. The van der Waals surface area contributed by atoms with E-state index in [0.29, 0.717) is 0 Å². The molecule has 0 fully saturated rings. The van der Waals surface area contributed by atoms with Gasteiger partial charge in [0.2, 0.25) is 0 Å². The van der Waals surface area contributed by atoms with Gasteiger partial charge in [-0.1, -0.05) is 0 Å². The first kappa shape index (κ1) is 9.64. The van der Waals surface area contributed by atoms with E-state index in [2.05, 4.69) is 18.0 Å². The molecule has 1 heteroatoms. The summed E-state index contributed by atoms with van der Waals surface area (Å²) in [6.45, 7) is 4.52. The molecule has 0 aliphatic heterocycles. The molecule has 50 valence electrons. The molecule has 0 aromatic heterocycles. The zero-order valence-electron chi connectivity index (χ0n) is 6.69. The summed E-state index contributed by atoms with van der Waals surface area (Å²) in [6.07, 6.45) is 5.46. The van der Waals surface area contributed by atoms with Crippen molar-refractivity contribution >= 4 is 25.4 Å². The summed E-state index contributed by atoms with van der Waals surface area (Å²) >= 11 is 1.99. The van der Waals surface area contributed by atoms with Gasteiger partial charge in [-0.15, -0.1) is 0 Å². The van der Waals surface area contributed by atoms with Crippen molar-refractivity contribution in [2.24, 2.45) is 5.92 Å². The van der Waals surface area contributed by atoms with E-state index in [1.807, 2.05) is 21.2 Å². The Morgan fingerprint density at radius 3 is 2.44 bits per heavy atom. The van der Waals surface area contributed by atoms with Crippen LogP contribution in [0.3, 0.4) is 0 Å². The normalized spacial score (nSPS) is 13.3. The van der Waals surface area contributed by atoms with Gasteiger partial charge in [0.1, 0.15) is 0 Å². The number of hydrogen-bond acceptors (Lipinski definition) is 0. The predicted octanol–water partition coefficient (Wildman–Crippen LogP) is 2.17. The van der Waals surface area contributed by atoms with Gasteiger partial charge in [0.15, 0.2) is 0 Å². The van der Waals surface area contributed by atoms with E-state index in [1.54, 1.807) is 0 Å². The summed E-state index contributed by atoms with van der Waals surface area (Å²) in [5, 5.41) is 0. The second-order valence-electron chi connectivity index (χ2n) is 2.55. The van der Waals surface area contributed by atoms with Crippen LogP contribution in [0.25, 0.3) is 0 Å². The van der Waals surface area contributed by atoms with Crippen molar-refractivity contribution in [2.75, 3.05) is 0 Å². The van der Waals surface area contributed by atoms with Crippen LogP contribution >= 0.6 is 0 Å². The molecule has 0 nitrogen and oxygen atoms in total. The molecule has 0 aliphatic carbocycles. The first-order chi connectivity index (χ1) is 4.35. The van der Waals surface area contributed by atoms with E-state index in [0.717, 1.165) is 5.92 Å². The first-order valence-electron chi connectivity index (χ1n) is 3.97. The Balaban J connectivity index is 3.20. The van der Waals surface area contributed by atoms with Gasteiger partial charge in [-0.3, -0.25) is 0 Å². The Kier molecular flexibility index (Phi) is 7.23. The van der Waals surface area contributed by atoms with Gasteiger partial charge in [0.25, 0.3) is 0 Å². The van der Waals surface area contributed by atoms with Gasteiger partial charge in [-0.2, -0.15) is 0 Å². The van der Waals surface area contributed by atoms with Gasteiger partial charge in [0.05, 0.1) is 0 Å². The minimum atomic E-state index is 0.892. The summed E-state index contributed by atoms with van der Waals surface area (Å²) in [4.78, 5) is 0. The number of unbranched alkanes of at least 4 members (excludes halogenated alkanes) is 1. The molecular weight excluding hydrogens is 120 g/mol. The minimum absolute atomic E-state index is 0.892. The summed E-state index contributed by atoms with van der Waals surface area (Å²) in [5.74, 6) is 0.892. The Morgan fingerprint density at radius 2 is 2.11 bits per heavy atom. The third-order valence-electron chi connectivity index (χ3n) is 1.79. The third-order valence-corrected chi connectivity index (χ3v) is 2.45. The van der Waals surface area contributed by atoms with Gasteiger partial charge >= 0.3 is 70.8 Å². The van der Waals surface area contributed by atoms with Gasteiger partial charge in [0, 0.05) is 0 Å². The van der Waals surface area contributed by atoms with Crippen molar-refractivity contribution < 1.29 is 0 Å². The molecule has 0 amide bonds. The molecule has 0 aromatic carbocycles. The molecule has 0 heterocycles. The SMILES string of the molecule is CCCCC([CH]=[Mg])CC. The first-order valence-corrected chi connectivity index (χ1v) is 4.79. The van der Waals surface area contributed by atoms with E-state index >= 15 is 0 Å². The summed E-state index contributed by atoms with van der Waals surface area (Å²) in [5.41, 5.74) is 0. The van der Waals surface area contributed by atoms with Crippen molar-refractivity contribution in [1.82, 2.24) is 0 Å². The Hall–Kier alpha value is 0.636. The topological polar surface area (TPSA) is 0 Å². The van der Waals surface area contributed by atoms with Crippen LogP contribution in [0.1, 0.15) is 39.5 Å². The molecule has 0 radical (unpaired) electrons. The van der Waals surface area contributed by atoms with Crippen molar-refractivity contribution in [3.63, 3.8) is 0 Å². The van der Waals surface area contributed by atoms with E-state index in [1.165, 1.54) is 25.7 Å². The second-order valence-corrected chi connectivity index (χ2v) is 3.02. The summed E-state index contributed by atoms with van der Waals surface area (Å²) < 4.78 is 2.36. The van der Waals surface area contributed by atoms with Crippen LogP contribution in [0, 0.1) is 5.92 Å². The summed E-state index contributed by atoms with van der Waals surface area (Å²) in [6, 6.07) is 0. The van der Waals surface area contributed by atoms with E-state index in [9.17, 15) is 0 Å². The molecule has 0 spiro atoms. The molecule has 1 atom stereocenters. The standard InChI is InChI=1S/C8H16.Mg/c1-4-6-7-8(3)5-2;/h3,8H,4-7H2,1-2H3;. The van der Waals surface area contributed by atoms with Crippen molar-refractivity contribution in [2.45, 2.75) is 39.5 Å². The molecule has 0 rings (SSSR count). The Labute approximate surface area is 71.0 Å². The van der Waals surface area contributed by atoms with Crippen LogP contribution in [0.15, 0.2) is 0 Å². The van der Waals surface area contributed by atoms with E-state index in [-0.39, 0.29) is 0 Å². The second kappa shape index (κ2) is 6.75. The van der Waals surface area contributed by atoms with Crippen LogP contribution in [-0.4, -0.2) is 25.4 Å². The third kappa shape index (κ3) is 5.10. The average Bonchev–Trinajstić information content (AvgIpc) is 1.91. The van der Waals surface area contributed by atoms with Crippen molar-refractivity contribution in [1.29, 1.82) is 0 Å². The maximum absolute atomic E-state index is 2.36. The van der Waals surface area contributed by atoms with Crippen LogP contribution in [0.2, 0.25) is 0 Å². The van der Waals surface area contributed by atoms with Gasteiger partial charge in [-0.05, 0) is 0 Å². The fourth-order valence-corrected chi connectivity index (χ4v) is 1.52. The maximum atomic E-state index is 2.36. The fourth-order valence-electron chi connectivity index (χ4n) is 0.955. The molecule has 0 saturated heterocycles. The summed E-state index contributed by atoms with van der Waals surface area (Å²) in [7, 11) is 0. The molecule has 0 saturated carbocycles. The molecule has 1 unspecified atom stereocenters. The average molecular weight is 137 g/mol. The fraction of sp³-hybridized carbons (Fsp3) is 0.875. The molecule has 0 bridgehead atoms. The van der Waals surface area contributed by atoms with Crippen LogP contribution in [-0.2, 0) is 0 Å². The zero-order valence-corrected chi connectivity index (χ0v) is 8.10. The zero-order chi connectivity index (χ0) is 7.11. The van der Waals surface area contributed by atoms with Crippen LogP contribution in [0.4, 0.5) is 0 Å². The van der Waals surface area contributed by atoms with Crippen molar-refractivity contribution in [3.05, 3.63) is 0 Å². The number of hydrogen-bond donors (Lipinski definition) is 0. The quantitative estimate of drug-likeness (QED) is 0.508. The Bertz CT molecular complexity index is 69.0. The molecular formula is C8H16Mg. The number of rotatable bonds is 5. The van der Waals surface area contributed by atoms with Crippen molar-refractivity contribution in [3.8, 4) is 0 Å².